The Morgan fingerprint density at radius 1 is 1.53 bits per heavy atom. The van der Waals surface area contributed by atoms with Crippen LogP contribution in [-0.2, 0) is 4.74 Å². The summed E-state index contributed by atoms with van der Waals surface area (Å²) < 4.78 is 5.02. The largest absolute Gasteiger partial charge is 0.340 e. The van der Waals surface area contributed by atoms with E-state index in [2.05, 4.69) is 11.9 Å². The molecular weight excluding hydrogens is 240 g/mol. The van der Waals surface area contributed by atoms with Gasteiger partial charge in [-0.15, -0.1) is 0 Å². The fourth-order valence-electron chi connectivity index (χ4n) is 1.08. The van der Waals surface area contributed by atoms with Crippen LogP contribution in [0.15, 0.2) is 41.9 Å². The predicted molar refractivity (Wildman–Crippen MR) is 64.3 cm³/mol. The van der Waals surface area contributed by atoms with E-state index in [1.165, 1.54) is 0 Å². The summed E-state index contributed by atoms with van der Waals surface area (Å²) in [6.45, 7) is 3.43. The summed E-state index contributed by atoms with van der Waals surface area (Å²) in [5.74, 6) is -0.377. The van der Waals surface area contributed by atoms with Crippen LogP contribution in [-0.4, -0.2) is 18.7 Å². The van der Waals surface area contributed by atoms with Crippen molar-refractivity contribution in [2.24, 2.45) is 0 Å². The van der Waals surface area contributed by atoms with E-state index in [1.807, 2.05) is 0 Å². The van der Waals surface area contributed by atoms with E-state index < -0.39 is 6.23 Å². The lowest BCUT2D eigenvalue weighted by molar-refractivity contribution is 0.0662. The number of hydrogen-bond donors (Lipinski definition) is 1. The average molecular weight is 251 g/mol. The molecule has 0 bridgehead atoms. The van der Waals surface area contributed by atoms with Crippen LogP contribution < -0.4 is 5.32 Å². The van der Waals surface area contributed by atoms with E-state index in [9.17, 15) is 4.79 Å². The third-order valence-electron chi connectivity index (χ3n) is 1.82. The number of halogens is 1. The molecule has 0 aliphatic carbocycles. The highest BCUT2D eigenvalue weighted by Crippen LogP contribution is 2.01. The fraction of sp³-hybridized carbons (Fsp3) is 0.167. The number of benzene rings is 1. The Labute approximate surface area is 104 Å². The number of carbonyl (C=O) groups excluding carboxylic acids is 1. The minimum Gasteiger partial charge on any atom is -0.340 e. The Kier molecular flexibility index (Phi) is 5.21. The fourth-order valence-corrected chi connectivity index (χ4v) is 1.14. The molecule has 1 aromatic carbocycles. The predicted octanol–water partition coefficient (Wildman–Crippen LogP) is 2.04. The quantitative estimate of drug-likeness (QED) is 0.814. The number of nitriles is 1. The maximum atomic E-state index is 11.7. The topological polar surface area (TPSA) is 62.1 Å². The van der Waals surface area contributed by atoms with Crippen LogP contribution in [0.4, 0.5) is 0 Å². The molecule has 88 valence electrons. The summed E-state index contributed by atoms with van der Waals surface area (Å²) >= 11 is 5.49. The molecule has 1 aromatic rings. The van der Waals surface area contributed by atoms with Crippen LogP contribution in [0, 0.1) is 11.3 Å². The standard InChI is InChI=1S/C12H11ClN2O2/c1-9(13)8-17-11(7-14)15-12(16)10-5-3-2-4-6-10/h2-6,11H,1,8H2,(H,15,16). The Bertz CT molecular complexity index is 440. The monoisotopic (exact) mass is 250 g/mol. The number of nitrogens with one attached hydrogen (secondary N) is 1. The van der Waals surface area contributed by atoms with Crippen molar-refractivity contribution in [2.75, 3.05) is 6.61 Å². The molecule has 1 unspecified atom stereocenters. The maximum absolute atomic E-state index is 11.7. The van der Waals surface area contributed by atoms with Gasteiger partial charge in [0.05, 0.1) is 6.61 Å². The van der Waals surface area contributed by atoms with Gasteiger partial charge in [0.15, 0.2) is 0 Å². The molecule has 4 nitrogen and oxygen atoms in total. The van der Waals surface area contributed by atoms with Crippen LogP contribution >= 0.6 is 11.6 Å². The number of amides is 1. The first kappa shape index (κ1) is 13.2. The van der Waals surface area contributed by atoms with Crippen molar-refractivity contribution < 1.29 is 9.53 Å². The molecule has 0 fully saturated rings. The van der Waals surface area contributed by atoms with Gasteiger partial charge in [0.1, 0.15) is 6.07 Å². The summed E-state index contributed by atoms with van der Waals surface area (Å²) in [5, 5.41) is 11.5. The SMILES string of the molecule is C=C(Cl)COC(C#N)NC(=O)c1ccccc1. The molecule has 0 saturated carbocycles. The zero-order valence-electron chi connectivity index (χ0n) is 9.02. The van der Waals surface area contributed by atoms with Crippen LogP contribution in [0.3, 0.4) is 0 Å². The lowest BCUT2D eigenvalue weighted by atomic mass is 10.2. The second kappa shape index (κ2) is 6.69. The number of ether oxygens (including phenoxy) is 1. The van der Waals surface area contributed by atoms with E-state index in [0.717, 1.165) is 0 Å². The molecule has 0 aliphatic heterocycles. The van der Waals surface area contributed by atoms with Gasteiger partial charge in [-0.25, -0.2) is 0 Å². The van der Waals surface area contributed by atoms with E-state index in [-0.39, 0.29) is 17.5 Å². The van der Waals surface area contributed by atoms with Crippen molar-refractivity contribution in [2.45, 2.75) is 6.23 Å². The van der Waals surface area contributed by atoms with Gasteiger partial charge >= 0.3 is 0 Å². The molecule has 1 amide bonds. The molecule has 0 aromatic heterocycles. The molecular formula is C12H11ClN2O2. The molecule has 0 aliphatic rings. The second-order valence-corrected chi connectivity index (χ2v) is 3.71. The van der Waals surface area contributed by atoms with Gasteiger partial charge in [-0.3, -0.25) is 4.79 Å². The summed E-state index contributed by atoms with van der Waals surface area (Å²) in [6.07, 6.45) is -1.04. The summed E-state index contributed by atoms with van der Waals surface area (Å²) in [7, 11) is 0. The molecule has 5 heteroatoms. The third kappa shape index (κ3) is 4.68. The number of nitrogens with zero attached hydrogens (tertiary/aromatic N) is 1. The molecule has 1 atom stereocenters. The third-order valence-corrected chi connectivity index (χ3v) is 1.93. The number of carbonyl (C=O) groups is 1. The van der Waals surface area contributed by atoms with Gasteiger partial charge in [-0.05, 0) is 12.1 Å². The highest BCUT2D eigenvalue weighted by molar-refractivity contribution is 6.29. The average Bonchev–Trinajstić information content (AvgIpc) is 2.35. The van der Waals surface area contributed by atoms with Gasteiger partial charge in [0.25, 0.3) is 5.91 Å². The van der Waals surface area contributed by atoms with Crippen molar-refractivity contribution in [3.05, 3.63) is 47.5 Å². The van der Waals surface area contributed by atoms with E-state index in [4.69, 9.17) is 21.6 Å². The smallest absolute Gasteiger partial charge is 0.254 e. The van der Waals surface area contributed by atoms with Crippen molar-refractivity contribution >= 4 is 17.5 Å². The highest BCUT2D eigenvalue weighted by atomic mass is 35.5. The van der Waals surface area contributed by atoms with E-state index in [0.29, 0.717) is 5.56 Å². The Morgan fingerprint density at radius 2 is 2.18 bits per heavy atom. The summed E-state index contributed by atoms with van der Waals surface area (Å²) in [4.78, 5) is 11.7. The van der Waals surface area contributed by atoms with Crippen molar-refractivity contribution in [3.63, 3.8) is 0 Å². The molecule has 17 heavy (non-hydrogen) atoms. The normalized spacial score (nSPS) is 11.3. The van der Waals surface area contributed by atoms with Gasteiger partial charge in [0.2, 0.25) is 6.23 Å². The molecule has 1 N–H and O–H groups in total. The number of rotatable bonds is 5. The van der Waals surface area contributed by atoms with Crippen LogP contribution in [0.5, 0.6) is 0 Å². The minimum atomic E-state index is -1.04. The van der Waals surface area contributed by atoms with Crippen molar-refractivity contribution in [1.82, 2.24) is 5.32 Å². The first-order chi connectivity index (χ1) is 8.13. The summed E-state index contributed by atoms with van der Waals surface area (Å²) in [6, 6.07) is 10.4. The van der Waals surface area contributed by atoms with Gasteiger partial charge in [-0.2, -0.15) is 5.26 Å². The summed E-state index contributed by atoms with van der Waals surface area (Å²) in [5.41, 5.74) is 0.459. The zero-order valence-corrected chi connectivity index (χ0v) is 9.78. The first-order valence-corrected chi connectivity index (χ1v) is 5.21. The van der Waals surface area contributed by atoms with E-state index >= 15 is 0 Å². The molecule has 0 spiro atoms. The van der Waals surface area contributed by atoms with E-state index in [1.54, 1.807) is 36.4 Å². The maximum Gasteiger partial charge on any atom is 0.254 e. The van der Waals surface area contributed by atoms with Crippen molar-refractivity contribution in [3.8, 4) is 6.07 Å². The van der Waals surface area contributed by atoms with Crippen LogP contribution in [0.1, 0.15) is 10.4 Å². The van der Waals surface area contributed by atoms with Gasteiger partial charge < -0.3 is 10.1 Å². The van der Waals surface area contributed by atoms with Crippen LogP contribution in [0.25, 0.3) is 0 Å². The second-order valence-electron chi connectivity index (χ2n) is 3.18. The molecule has 1 rings (SSSR count). The van der Waals surface area contributed by atoms with Gasteiger partial charge in [-0.1, -0.05) is 36.4 Å². The van der Waals surface area contributed by atoms with Gasteiger partial charge in [0, 0.05) is 10.6 Å². The lowest BCUT2D eigenvalue weighted by Gasteiger charge is -2.12. The lowest BCUT2D eigenvalue weighted by Crippen LogP contribution is -2.36. The minimum absolute atomic E-state index is 0.00878. The van der Waals surface area contributed by atoms with Crippen LogP contribution in [0.2, 0.25) is 0 Å². The first-order valence-electron chi connectivity index (χ1n) is 4.84. The highest BCUT2D eigenvalue weighted by Gasteiger charge is 2.12. The molecule has 0 radical (unpaired) electrons. The Balaban J connectivity index is 2.55. The molecule has 0 saturated heterocycles. The zero-order chi connectivity index (χ0) is 12.7. The molecule has 0 heterocycles. The Morgan fingerprint density at radius 3 is 2.71 bits per heavy atom. The van der Waals surface area contributed by atoms with Crippen molar-refractivity contribution in [1.29, 1.82) is 5.26 Å². The Hall–Kier alpha value is -1.83. The number of hydrogen-bond acceptors (Lipinski definition) is 3.